The van der Waals surface area contributed by atoms with Crippen molar-refractivity contribution in [3.05, 3.63) is 29.8 Å². The van der Waals surface area contributed by atoms with E-state index in [4.69, 9.17) is 20.1 Å². The van der Waals surface area contributed by atoms with E-state index in [9.17, 15) is 73.8 Å². The molecule has 3 fully saturated rings. The van der Waals surface area contributed by atoms with Gasteiger partial charge in [-0.15, -0.1) is 0 Å². The number of aliphatic carboxylic acids is 7. The van der Waals surface area contributed by atoms with Crippen molar-refractivity contribution in [2.24, 2.45) is 5.92 Å². The highest BCUT2D eigenvalue weighted by atomic mass is 16.4. The van der Waals surface area contributed by atoms with Gasteiger partial charge in [-0.2, -0.15) is 15.0 Å². The molecule has 5 rings (SSSR count). The highest BCUT2D eigenvalue weighted by Crippen LogP contribution is 2.28. The van der Waals surface area contributed by atoms with Crippen LogP contribution in [0.15, 0.2) is 24.3 Å². The number of piperidine rings is 1. The van der Waals surface area contributed by atoms with Crippen molar-refractivity contribution in [2.75, 3.05) is 146 Å². The van der Waals surface area contributed by atoms with Gasteiger partial charge >= 0.3 is 47.8 Å². The molecule has 30 nitrogen and oxygen atoms in total. The summed E-state index contributed by atoms with van der Waals surface area (Å²) >= 11 is 0. The third-order valence-electron chi connectivity index (χ3n) is 16.3. The number of aromatic nitrogens is 3. The Hall–Kier alpha value is -7.54. The third kappa shape index (κ3) is 29.6. The summed E-state index contributed by atoms with van der Waals surface area (Å²) in [7, 11) is 0. The van der Waals surface area contributed by atoms with E-state index in [1.54, 1.807) is 19.6 Å². The fourth-order valence-corrected chi connectivity index (χ4v) is 11.4. The second kappa shape index (κ2) is 39.5. The number of nitrogens with zero attached hydrogens (tertiary/aromatic N) is 10. The molecule has 2 aromatic rings. The van der Waals surface area contributed by atoms with E-state index in [-0.39, 0.29) is 90.7 Å². The summed E-state index contributed by atoms with van der Waals surface area (Å²) in [5.41, 5.74) is 1.50. The number of carboxylic acid groups (broad SMARTS) is 7. The van der Waals surface area contributed by atoms with Gasteiger partial charge in [0, 0.05) is 116 Å². The highest BCUT2D eigenvalue weighted by Gasteiger charge is 2.30. The zero-order valence-electron chi connectivity index (χ0n) is 51.2. The Morgan fingerprint density at radius 1 is 0.506 bits per heavy atom. The largest absolute Gasteiger partial charge is 0.481 e. The van der Waals surface area contributed by atoms with Crippen LogP contribution in [0.25, 0.3) is 0 Å². The molecule has 0 radical (unpaired) electrons. The molecule has 0 bridgehead atoms. The van der Waals surface area contributed by atoms with E-state index < -0.39 is 66.4 Å². The molecule has 0 saturated carbocycles. The number of carbonyl (C=O) groups is 9. The van der Waals surface area contributed by atoms with Gasteiger partial charge < -0.3 is 66.8 Å². The first-order chi connectivity index (χ1) is 42.7. The molecule has 3 saturated heterocycles. The molecule has 3 aliphatic rings. The Kier molecular flexibility index (Phi) is 32.0. The molecule has 30 heteroatoms. The summed E-state index contributed by atoms with van der Waals surface area (Å²) in [6, 6.07) is 4.96. The molecular weight excluding hydrogens is 1160 g/mol. The quantitative estimate of drug-likeness (QED) is 0.0430. The molecule has 3 aliphatic heterocycles. The number of hydrogen-bond acceptors (Lipinski definition) is 20. The van der Waals surface area contributed by atoms with Gasteiger partial charge in [0.15, 0.2) is 0 Å². The van der Waals surface area contributed by atoms with Crippen LogP contribution in [0.5, 0.6) is 0 Å². The Morgan fingerprint density at radius 3 is 1.62 bits per heavy atom. The highest BCUT2D eigenvalue weighted by molar-refractivity contribution is 5.84. The smallest absolute Gasteiger partial charge is 0.326 e. The normalized spacial score (nSPS) is 17.6. The number of nitrogens with one attached hydrogen (secondary N) is 4. The van der Waals surface area contributed by atoms with Gasteiger partial charge in [0.25, 0.3) is 0 Å². The third-order valence-corrected chi connectivity index (χ3v) is 16.3. The summed E-state index contributed by atoms with van der Waals surface area (Å²) in [6.07, 6.45) is 13.6. The summed E-state index contributed by atoms with van der Waals surface area (Å²) < 4.78 is 0. The Bertz CT molecular complexity index is 2570. The van der Waals surface area contributed by atoms with Gasteiger partial charge in [0.2, 0.25) is 23.8 Å². The van der Waals surface area contributed by atoms with Crippen molar-refractivity contribution in [3.63, 3.8) is 0 Å². The van der Waals surface area contributed by atoms with Gasteiger partial charge in [0.1, 0.15) is 12.6 Å². The molecule has 1 aromatic carbocycles. The number of carbonyl (C=O) groups excluding carboxylic acids is 2. The average molecular weight is 1260 g/mol. The zero-order chi connectivity index (χ0) is 64.5. The fraction of sp³-hybridized carbons (Fsp3) is 0.695. The van der Waals surface area contributed by atoms with Gasteiger partial charge in [0.05, 0.1) is 26.2 Å². The number of anilines is 4. The molecule has 2 atom stereocenters. The maximum Gasteiger partial charge on any atom is 0.326 e. The van der Waals surface area contributed by atoms with E-state index in [1.165, 1.54) is 0 Å². The lowest BCUT2D eigenvalue weighted by molar-refractivity contribution is -0.142. The van der Waals surface area contributed by atoms with Crippen molar-refractivity contribution < 1.29 is 78.9 Å². The number of urea groups is 1. The minimum absolute atomic E-state index is 0.0533. The van der Waals surface area contributed by atoms with Crippen molar-refractivity contribution in [1.82, 2.24) is 55.4 Å². The topological polar surface area (TPSA) is 405 Å². The van der Waals surface area contributed by atoms with Crippen LogP contribution < -0.4 is 31.1 Å². The first-order valence-corrected chi connectivity index (χ1v) is 31.3. The summed E-state index contributed by atoms with van der Waals surface area (Å²) in [4.78, 5) is 134. The van der Waals surface area contributed by atoms with Crippen LogP contribution in [0.4, 0.5) is 28.3 Å². The second-order valence-corrected chi connectivity index (χ2v) is 23.4. The zero-order valence-corrected chi connectivity index (χ0v) is 51.2. The maximum atomic E-state index is 12.3. The molecular formula is C59H94N14O16. The van der Waals surface area contributed by atoms with Crippen LogP contribution in [0.1, 0.15) is 115 Å². The molecule has 0 spiro atoms. The van der Waals surface area contributed by atoms with Crippen LogP contribution in [-0.4, -0.2) is 272 Å². The lowest BCUT2D eigenvalue weighted by atomic mass is 9.92. The SMILES string of the molecule is O=C(O)CCCC1CCN(c2nc(Nc3ccc(CC4CN(CC(=O)O)CCN(CC(=O)O)CCN(CC(=O)O)CCN4CC(=O)O)cc3)nc(N3CCN(CCCCCCCCCCC(=O)NCCCCC(NC(=O)NCC(=O)O)C(=O)O)CC3)n2)CC1. The number of carboxylic acids is 7. The molecule has 11 N–H and O–H groups in total. The number of amides is 3. The molecule has 496 valence electrons. The lowest BCUT2D eigenvalue weighted by Crippen LogP contribution is -2.53. The fourth-order valence-electron chi connectivity index (χ4n) is 11.4. The van der Waals surface area contributed by atoms with E-state index in [1.807, 2.05) is 24.3 Å². The van der Waals surface area contributed by atoms with Crippen LogP contribution in [0.3, 0.4) is 0 Å². The van der Waals surface area contributed by atoms with Crippen molar-refractivity contribution >= 4 is 77.3 Å². The maximum absolute atomic E-state index is 12.3. The molecule has 2 unspecified atom stereocenters. The number of piperazine rings is 1. The first-order valence-electron chi connectivity index (χ1n) is 31.3. The first kappa shape index (κ1) is 72.2. The molecule has 4 heterocycles. The van der Waals surface area contributed by atoms with Gasteiger partial charge in [-0.25, -0.2) is 9.59 Å². The van der Waals surface area contributed by atoms with E-state index in [0.29, 0.717) is 94.3 Å². The minimum atomic E-state index is -1.25. The lowest BCUT2D eigenvalue weighted by Gasteiger charge is -2.37. The van der Waals surface area contributed by atoms with Gasteiger partial charge in [-0.05, 0) is 94.4 Å². The Labute approximate surface area is 519 Å². The van der Waals surface area contributed by atoms with Crippen molar-refractivity contribution in [2.45, 2.75) is 128 Å². The molecule has 0 aliphatic carbocycles. The average Bonchev–Trinajstić information content (AvgIpc) is 2.93. The van der Waals surface area contributed by atoms with Gasteiger partial charge in [-0.1, -0.05) is 50.7 Å². The van der Waals surface area contributed by atoms with Crippen LogP contribution in [0, 0.1) is 5.92 Å². The van der Waals surface area contributed by atoms with Crippen molar-refractivity contribution in [3.8, 4) is 0 Å². The van der Waals surface area contributed by atoms with E-state index >= 15 is 0 Å². The van der Waals surface area contributed by atoms with Crippen LogP contribution in [-0.2, 0) is 44.8 Å². The van der Waals surface area contributed by atoms with E-state index in [2.05, 4.69) is 36.0 Å². The Balaban J connectivity index is 1.12. The number of unbranched alkanes of at least 4 members (excludes halogenated alkanes) is 8. The predicted octanol–water partition coefficient (Wildman–Crippen LogP) is 2.31. The number of rotatable bonds is 38. The monoisotopic (exact) mass is 1250 g/mol. The van der Waals surface area contributed by atoms with Crippen LogP contribution >= 0.6 is 0 Å². The van der Waals surface area contributed by atoms with Gasteiger partial charge in [-0.3, -0.25) is 58.1 Å². The van der Waals surface area contributed by atoms with Crippen LogP contribution in [0.2, 0.25) is 0 Å². The molecule has 89 heavy (non-hydrogen) atoms. The van der Waals surface area contributed by atoms with Crippen molar-refractivity contribution in [1.29, 1.82) is 0 Å². The Morgan fingerprint density at radius 2 is 1.04 bits per heavy atom. The standard InChI is InChI=1S/C59H94N14O16/c74-48(60-22-9-8-13-47(55(87)88)63-59(89)61-37-50(77)78)14-7-5-3-1-2-4-6-10-23-67-30-33-72(34-31-67)58-65-56(64-57(66-58)71-24-20-43(21-25-71)12-11-15-49(75)76)62-45-18-16-44(17-19-45)36-46-38-70(41-53(83)84)29-28-68(39-51(79)80)26-27-69(40-52(81)82)32-35-73(46)42-54(85)86/h16-19,43,46-47H,1-15,20-42H2,(H,60,74)(H,75,76)(H,77,78)(H,79,80)(H,81,82)(H,83,84)(H,85,86)(H,87,88)(H2,61,63,89)(H,62,64,65,66). The molecule has 1 aromatic heterocycles. The summed E-state index contributed by atoms with van der Waals surface area (Å²) in [5, 5.41) is 77.1. The number of hydrogen-bond donors (Lipinski definition) is 11. The summed E-state index contributed by atoms with van der Waals surface area (Å²) in [5.74, 6) is -5.80. The minimum Gasteiger partial charge on any atom is -0.481 e. The number of benzene rings is 1. The van der Waals surface area contributed by atoms with E-state index in [0.717, 1.165) is 95.8 Å². The second-order valence-electron chi connectivity index (χ2n) is 23.4. The molecule has 3 amide bonds. The summed E-state index contributed by atoms with van der Waals surface area (Å²) in [6.45, 7) is 5.15. The predicted molar refractivity (Wildman–Crippen MR) is 328 cm³/mol.